The van der Waals surface area contributed by atoms with Crippen LogP contribution in [-0.4, -0.2) is 18.7 Å². The quantitative estimate of drug-likeness (QED) is 0.645. The van der Waals surface area contributed by atoms with E-state index in [1.54, 1.807) is 0 Å². The normalized spacial score (nSPS) is 12.3. The van der Waals surface area contributed by atoms with E-state index >= 15 is 0 Å². The van der Waals surface area contributed by atoms with Crippen molar-refractivity contribution in [2.24, 2.45) is 5.41 Å². The second kappa shape index (κ2) is 4.82. The zero-order chi connectivity index (χ0) is 9.12. The molecule has 4 heteroatoms. The highest BCUT2D eigenvalue weighted by molar-refractivity contribution is 7.85. The molecule has 3 nitrogen and oxygen atoms in total. The smallest absolute Gasteiger partial charge is 0.0946 e. The highest BCUT2D eigenvalue weighted by Crippen LogP contribution is 2.24. The van der Waals surface area contributed by atoms with Crippen LogP contribution in [0.15, 0.2) is 0 Å². The van der Waals surface area contributed by atoms with Gasteiger partial charge >= 0.3 is 0 Å². The van der Waals surface area contributed by atoms with E-state index in [1.807, 2.05) is 20.8 Å². The van der Waals surface area contributed by atoms with Crippen molar-refractivity contribution >= 4 is 10.1 Å². The van der Waals surface area contributed by atoms with Gasteiger partial charge in [0.2, 0.25) is 0 Å². The molecule has 0 amide bonds. The van der Waals surface area contributed by atoms with Crippen molar-refractivity contribution in [3.63, 3.8) is 0 Å². The van der Waals surface area contributed by atoms with Gasteiger partial charge < -0.3 is 4.55 Å². The molecule has 0 aliphatic rings. The Morgan fingerprint density at radius 1 is 1.33 bits per heavy atom. The molecule has 0 rings (SSSR count). The van der Waals surface area contributed by atoms with Crippen LogP contribution in [0.5, 0.6) is 0 Å². The lowest BCUT2D eigenvalue weighted by molar-refractivity contribution is 0.333. The summed E-state index contributed by atoms with van der Waals surface area (Å²) in [5.41, 5.74) is -0.0303. The van der Waals surface area contributed by atoms with Crippen LogP contribution < -0.4 is 0 Å². The molecular weight excluding hydrogens is 176 g/mol. The monoisotopic (exact) mass is 195 g/mol. The van der Waals surface area contributed by atoms with Crippen LogP contribution in [0, 0.1) is 5.41 Å². The summed E-state index contributed by atoms with van der Waals surface area (Å²) in [5, 5.41) is 0. The number of hydrogen-bond acceptors (Lipinski definition) is 3. The lowest BCUT2D eigenvalue weighted by atomic mass is 9.87. The molecule has 0 aromatic rings. The van der Waals surface area contributed by atoms with Gasteiger partial charge in [-0.3, -0.25) is 0 Å². The van der Waals surface area contributed by atoms with Crippen molar-refractivity contribution in [1.29, 1.82) is 0 Å². The fraction of sp³-hybridized carbons (Fsp3) is 1.00. The fourth-order valence-corrected chi connectivity index (χ4v) is 1.38. The minimum Gasteiger partial charge on any atom is -0.748 e. The average molecular weight is 195 g/mol. The summed E-state index contributed by atoms with van der Waals surface area (Å²) >= 11 is 0. The van der Waals surface area contributed by atoms with E-state index in [2.05, 4.69) is 0 Å². The highest BCUT2D eigenvalue weighted by atomic mass is 32.2. The summed E-state index contributed by atoms with van der Waals surface area (Å²) < 4.78 is 30.7. The van der Waals surface area contributed by atoms with E-state index in [9.17, 15) is 13.0 Å². The Kier molecular flexibility index (Phi) is 5.80. The lowest BCUT2D eigenvalue weighted by Gasteiger charge is -2.22. The highest BCUT2D eigenvalue weighted by Gasteiger charge is 2.15. The molecule has 0 aromatic carbocycles. The second-order valence-electron chi connectivity index (χ2n) is 3.53. The lowest BCUT2D eigenvalue weighted by Crippen LogP contribution is -2.16. The van der Waals surface area contributed by atoms with E-state index in [0.29, 0.717) is 6.42 Å². The molecule has 0 saturated heterocycles. The molecule has 76 valence electrons. The first-order valence-corrected chi connectivity index (χ1v) is 5.28. The van der Waals surface area contributed by atoms with E-state index in [4.69, 9.17) is 0 Å². The van der Waals surface area contributed by atoms with Crippen molar-refractivity contribution in [1.82, 2.24) is 0 Å². The Hall–Kier alpha value is -0.0900. The minimum atomic E-state index is -4.02. The number of rotatable bonds is 4. The van der Waals surface area contributed by atoms with Gasteiger partial charge in [-0.2, -0.15) is 0 Å². The van der Waals surface area contributed by atoms with Gasteiger partial charge in [0.1, 0.15) is 0 Å². The Bertz CT molecular complexity index is 204. The first kappa shape index (κ1) is 14.4. The summed E-state index contributed by atoms with van der Waals surface area (Å²) in [7, 11) is -4.02. The Morgan fingerprint density at radius 2 is 1.75 bits per heavy atom. The van der Waals surface area contributed by atoms with Crippen LogP contribution in [0.2, 0.25) is 0 Å². The predicted octanol–water partition coefficient (Wildman–Crippen LogP) is 1.99. The largest absolute Gasteiger partial charge is 0.748 e. The topological polar surface area (TPSA) is 57.2 Å². The summed E-state index contributed by atoms with van der Waals surface area (Å²) in [6.07, 6.45) is 1.35. The molecule has 0 spiro atoms. The van der Waals surface area contributed by atoms with Crippen molar-refractivity contribution in [3.05, 3.63) is 0 Å². The van der Waals surface area contributed by atoms with Gasteiger partial charge in [-0.05, 0) is 11.8 Å². The molecule has 0 N–H and O–H groups in total. The van der Waals surface area contributed by atoms with E-state index < -0.39 is 10.1 Å². The molecule has 0 aliphatic carbocycles. The van der Waals surface area contributed by atoms with Crippen molar-refractivity contribution in [2.75, 3.05) is 5.75 Å². The Morgan fingerprint density at radius 3 is 2.00 bits per heavy atom. The maximum absolute atomic E-state index is 10.2. The van der Waals surface area contributed by atoms with Crippen LogP contribution in [-0.2, 0) is 10.1 Å². The SMILES string of the molecule is C.CCC(C)(C)CCS(=O)(=O)[O-]. The summed E-state index contributed by atoms with van der Waals surface area (Å²) in [5.74, 6) is -0.242. The van der Waals surface area contributed by atoms with Crippen LogP contribution in [0.1, 0.15) is 41.0 Å². The van der Waals surface area contributed by atoms with Crippen molar-refractivity contribution < 1.29 is 13.0 Å². The zero-order valence-electron chi connectivity index (χ0n) is 7.25. The standard InChI is InChI=1S/C7H16O3S.CH4/c1-4-7(2,3)5-6-11(8,9)10;/h4-6H2,1-3H3,(H,8,9,10);1H4/p-1. The molecule has 0 bridgehead atoms. The third-order valence-electron chi connectivity index (χ3n) is 1.99. The Labute approximate surface area is 75.9 Å². The van der Waals surface area contributed by atoms with Gasteiger partial charge in [-0.15, -0.1) is 0 Å². The molecule has 0 aliphatic heterocycles. The van der Waals surface area contributed by atoms with E-state index in [-0.39, 0.29) is 18.6 Å². The first-order valence-electron chi connectivity index (χ1n) is 3.70. The first-order chi connectivity index (χ1) is 4.77. The van der Waals surface area contributed by atoms with Gasteiger partial charge in [0.25, 0.3) is 0 Å². The average Bonchev–Trinajstić information content (AvgIpc) is 1.83. The van der Waals surface area contributed by atoms with Gasteiger partial charge in [-0.25, -0.2) is 8.42 Å². The third-order valence-corrected chi connectivity index (χ3v) is 2.69. The van der Waals surface area contributed by atoms with Crippen LogP contribution in [0.3, 0.4) is 0 Å². The molecule has 0 radical (unpaired) electrons. The minimum absolute atomic E-state index is 0. The molecular formula is C8H19O3S-. The van der Waals surface area contributed by atoms with E-state index in [0.717, 1.165) is 6.42 Å². The molecule has 12 heavy (non-hydrogen) atoms. The van der Waals surface area contributed by atoms with E-state index in [1.165, 1.54) is 0 Å². The molecule has 0 heterocycles. The van der Waals surface area contributed by atoms with Crippen LogP contribution >= 0.6 is 0 Å². The summed E-state index contributed by atoms with van der Waals surface area (Å²) in [6.45, 7) is 5.90. The molecule has 0 aromatic heterocycles. The van der Waals surface area contributed by atoms with Crippen LogP contribution in [0.25, 0.3) is 0 Å². The van der Waals surface area contributed by atoms with Crippen LogP contribution in [0.4, 0.5) is 0 Å². The van der Waals surface area contributed by atoms with Gasteiger partial charge in [0, 0.05) is 5.75 Å². The number of hydrogen-bond donors (Lipinski definition) is 0. The van der Waals surface area contributed by atoms with Gasteiger partial charge in [0.15, 0.2) is 0 Å². The van der Waals surface area contributed by atoms with Gasteiger partial charge in [0.05, 0.1) is 10.1 Å². The summed E-state index contributed by atoms with van der Waals surface area (Å²) in [4.78, 5) is 0. The van der Waals surface area contributed by atoms with Gasteiger partial charge in [-0.1, -0.05) is 34.6 Å². The molecule has 0 saturated carbocycles. The van der Waals surface area contributed by atoms with Crippen molar-refractivity contribution in [3.8, 4) is 0 Å². The fourth-order valence-electron chi connectivity index (χ4n) is 0.578. The predicted molar refractivity (Wildman–Crippen MR) is 50.0 cm³/mol. The maximum atomic E-state index is 10.2. The second-order valence-corrected chi connectivity index (χ2v) is 5.05. The summed E-state index contributed by atoms with van der Waals surface area (Å²) in [6, 6.07) is 0. The maximum Gasteiger partial charge on any atom is 0.0946 e. The molecule has 0 atom stereocenters. The molecule has 0 unspecified atom stereocenters. The third kappa shape index (κ3) is 8.01. The zero-order valence-corrected chi connectivity index (χ0v) is 8.07. The molecule has 0 fully saturated rings. The van der Waals surface area contributed by atoms with Crippen molar-refractivity contribution in [2.45, 2.75) is 41.0 Å². The Balaban J connectivity index is 0.